The molecule has 0 aliphatic carbocycles. The Morgan fingerprint density at radius 1 is 0.762 bits per heavy atom. The number of aliphatic hydroxyl groups is 1. The fraction of sp³-hybridized carbons (Fsp3) is 0.895. The van der Waals surface area contributed by atoms with E-state index in [1.165, 1.54) is 77.0 Å². The zero-order valence-corrected chi connectivity index (χ0v) is 14.6. The molecule has 0 radical (unpaired) electrons. The molecule has 0 spiro atoms. The summed E-state index contributed by atoms with van der Waals surface area (Å²) in [6, 6.07) is 0. The highest BCUT2D eigenvalue weighted by Crippen LogP contribution is 2.10. The van der Waals surface area contributed by atoms with Crippen molar-refractivity contribution in [1.29, 1.82) is 0 Å². The van der Waals surface area contributed by atoms with E-state index in [1.807, 2.05) is 7.05 Å². The van der Waals surface area contributed by atoms with Crippen molar-refractivity contribution < 1.29 is 5.11 Å². The lowest BCUT2D eigenvalue weighted by Crippen LogP contribution is -2.23. The minimum absolute atomic E-state index is 0.310. The maximum absolute atomic E-state index is 9.34. The Balaban J connectivity index is 3.08. The fourth-order valence-electron chi connectivity index (χ4n) is 2.55. The van der Waals surface area contributed by atoms with E-state index in [2.05, 4.69) is 24.4 Å². The van der Waals surface area contributed by atoms with Crippen LogP contribution in [0.4, 0.5) is 0 Å². The third-order valence-electron chi connectivity index (χ3n) is 4.07. The molecule has 21 heavy (non-hydrogen) atoms. The molecule has 0 rings (SSSR count). The number of allylic oxidation sites excluding steroid dienone is 2. The number of rotatable bonds is 16. The Hall–Kier alpha value is -0.340. The molecular formula is C19H39NO. The summed E-state index contributed by atoms with van der Waals surface area (Å²) < 4.78 is 0. The van der Waals surface area contributed by atoms with Gasteiger partial charge < -0.3 is 5.11 Å². The van der Waals surface area contributed by atoms with Crippen molar-refractivity contribution in [3.05, 3.63) is 12.2 Å². The molecule has 0 aliphatic rings. The van der Waals surface area contributed by atoms with E-state index in [-0.39, 0.29) is 6.23 Å². The molecule has 0 aromatic carbocycles. The molecule has 0 amide bonds. The largest absolute Gasteiger partial charge is 0.379 e. The maximum Gasteiger partial charge on any atom is 0.104 e. The quantitative estimate of drug-likeness (QED) is 0.222. The minimum Gasteiger partial charge on any atom is -0.379 e. The number of hydrogen-bond acceptors (Lipinski definition) is 2. The molecule has 2 N–H and O–H groups in total. The monoisotopic (exact) mass is 297 g/mol. The van der Waals surface area contributed by atoms with Crippen LogP contribution < -0.4 is 5.32 Å². The van der Waals surface area contributed by atoms with Gasteiger partial charge in [-0.15, -0.1) is 0 Å². The van der Waals surface area contributed by atoms with E-state index >= 15 is 0 Å². The van der Waals surface area contributed by atoms with Gasteiger partial charge in [0.15, 0.2) is 0 Å². The summed E-state index contributed by atoms with van der Waals surface area (Å²) in [6.07, 6.45) is 22.6. The van der Waals surface area contributed by atoms with Crippen molar-refractivity contribution >= 4 is 0 Å². The Bertz CT molecular complexity index is 216. The Labute approximate surface area is 133 Å². The van der Waals surface area contributed by atoms with Crippen LogP contribution >= 0.6 is 0 Å². The summed E-state index contributed by atoms with van der Waals surface area (Å²) in [5.41, 5.74) is 0. The number of hydrogen-bond donors (Lipinski definition) is 2. The smallest absolute Gasteiger partial charge is 0.104 e. The lowest BCUT2D eigenvalue weighted by molar-refractivity contribution is 0.133. The maximum atomic E-state index is 9.34. The average Bonchev–Trinajstić information content (AvgIpc) is 2.50. The van der Waals surface area contributed by atoms with Gasteiger partial charge in [0.05, 0.1) is 0 Å². The van der Waals surface area contributed by atoms with Gasteiger partial charge >= 0.3 is 0 Å². The summed E-state index contributed by atoms with van der Waals surface area (Å²) >= 11 is 0. The zero-order chi connectivity index (χ0) is 15.6. The van der Waals surface area contributed by atoms with Crippen LogP contribution in [0.2, 0.25) is 0 Å². The van der Waals surface area contributed by atoms with Crippen LogP contribution in [0, 0.1) is 0 Å². The molecule has 126 valence electrons. The molecule has 2 heteroatoms. The van der Waals surface area contributed by atoms with Gasteiger partial charge in [-0.25, -0.2) is 0 Å². The third kappa shape index (κ3) is 17.6. The van der Waals surface area contributed by atoms with Crippen LogP contribution in [0.15, 0.2) is 12.2 Å². The van der Waals surface area contributed by atoms with E-state index in [0.29, 0.717) is 0 Å². The first-order valence-corrected chi connectivity index (χ1v) is 9.31. The third-order valence-corrected chi connectivity index (χ3v) is 4.07. The van der Waals surface area contributed by atoms with Gasteiger partial charge in [-0.2, -0.15) is 0 Å². The molecule has 0 aromatic rings. The van der Waals surface area contributed by atoms with Crippen LogP contribution in [0.5, 0.6) is 0 Å². The predicted octanol–water partition coefficient (Wildman–Crippen LogP) is 5.56. The van der Waals surface area contributed by atoms with Gasteiger partial charge in [0, 0.05) is 0 Å². The zero-order valence-electron chi connectivity index (χ0n) is 14.6. The Kier molecular flexibility index (Phi) is 17.4. The first kappa shape index (κ1) is 20.7. The fourth-order valence-corrected chi connectivity index (χ4v) is 2.55. The molecule has 1 atom stereocenters. The second-order valence-electron chi connectivity index (χ2n) is 6.18. The van der Waals surface area contributed by atoms with Gasteiger partial charge in [-0.3, -0.25) is 5.32 Å². The van der Waals surface area contributed by atoms with Gasteiger partial charge in [-0.1, -0.05) is 70.4 Å². The lowest BCUT2D eigenvalue weighted by atomic mass is 10.1. The van der Waals surface area contributed by atoms with E-state index in [9.17, 15) is 5.11 Å². The van der Waals surface area contributed by atoms with Gasteiger partial charge in [0.2, 0.25) is 0 Å². The SMILES string of the molecule is CCCCCCCC/C=C\CCCCCCCC(O)NC. The highest BCUT2D eigenvalue weighted by atomic mass is 16.3. The van der Waals surface area contributed by atoms with Crippen molar-refractivity contribution in [2.24, 2.45) is 0 Å². The highest BCUT2D eigenvalue weighted by molar-refractivity contribution is 4.81. The predicted molar refractivity (Wildman–Crippen MR) is 94.5 cm³/mol. The number of nitrogens with one attached hydrogen (secondary N) is 1. The van der Waals surface area contributed by atoms with Gasteiger partial charge in [0.25, 0.3) is 0 Å². The molecule has 0 aliphatic heterocycles. The normalized spacial score (nSPS) is 13.1. The minimum atomic E-state index is -0.310. The molecule has 0 saturated carbocycles. The molecule has 0 fully saturated rings. The number of unbranched alkanes of at least 4 members (excludes halogenated alkanes) is 11. The van der Waals surface area contributed by atoms with Crippen molar-refractivity contribution in [2.45, 2.75) is 103 Å². The van der Waals surface area contributed by atoms with Crippen molar-refractivity contribution in [3.8, 4) is 0 Å². The Morgan fingerprint density at radius 3 is 1.76 bits per heavy atom. The van der Waals surface area contributed by atoms with E-state index in [4.69, 9.17) is 0 Å². The summed E-state index contributed by atoms with van der Waals surface area (Å²) in [4.78, 5) is 0. The first-order chi connectivity index (χ1) is 10.3. The van der Waals surface area contributed by atoms with E-state index in [1.54, 1.807) is 0 Å². The second kappa shape index (κ2) is 17.7. The standard InChI is InChI=1S/C19H39NO/c1-3-4-5-6-7-8-9-10-11-12-13-14-15-16-17-18-19(21)20-2/h10-11,19-21H,3-9,12-18H2,1-2H3/b11-10-. The highest BCUT2D eigenvalue weighted by Gasteiger charge is 1.98. The van der Waals surface area contributed by atoms with Crippen LogP contribution in [-0.2, 0) is 0 Å². The molecule has 0 bridgehead atoms. The van der Waals surface area contributed by atoms with Crippen molar-refractivity contribution in [2.75, 3.05) is 7.05 Å². The molecule has 1 unspecified atom stereocenters. The molecule has 0 heterocycles. The molecule has 0 aromatic heterocycles. The van der Waals surface area contributed by atoms with Crippen LogP contribution in [-0.4, -0.2) is 18.4 Å². The van der Waals surface area contributed by atoms with Gasteiger partial charge in [-0.05, 0) is 45.6 Å². The number of aliphatic hydroxyl groups excluding tert-OH is 1. The van der Waals surface area contributed by atoms with E-state index < -0.39 is 0 Å². The summed E-state index contributed by atoms with van der Waals surface area (Å²) in [7, 11) is 1.81. The van der Waals surface area contributed by atoms with E-state index in [0.717, 1.165) is 12.8 Å². The second-order valence-corrected chi connectivity index (χ2v) is 6.18. The summed E-state index contributed by atoms with van der Waals surface area (Å²) in [5.74, 6) is 0. The van der Waals surface area contributed by atoms with Crippen LogP contribution in [0.3, 0.4) is 0 Å². The van der Waals surface area contributed by atoms with Crippen LogP contribution in [0.25, 0.3) is 0 Å². The summed E-state index contributed by atoms with van der Waals surface area (Å²) in [6.45, 7) is 2.27. The topological polar surface area (TPSA) is 32.3 Å². The van der Waals surface area contributed by atoms with Gasteiger partial charge in [0.1, 0.15) is 6.23 Å². The lowest BCUT2D eigenvalue weighted by Gasteiger charge is -2.07. The molecule has 2 nitrogen and oxygen atoms in total. The van der Waals surface area contributed by atoms with Crippen molar-refractivity contribution in [1.82, 2.24) is 5.32 Å². The summed E-state index contributed by atoms with van der Waals surface area (Å²) in [5, 5.41) is 12.2. The average molecular weight is 298 g/mol. The Morgan fingerprint density at radius 2 is 1.24 bits per heavy atom. The molecule has 0 saturated heterocycles. The van der Waals surface area contributed by atoms with Crippen LogP contribution in [0.1, 0.15) is 96.8 Å². The first-order valence-electron chi connectivity index (χ1n) is 9.31. The molecular weight excluding hydrogens is 258 g/mol. The van der Waals surface area contributed by atoms with Crippen molar-refractivity contribution in [3.63, 3.8) is 0 Å².